The zero-order valence-corrected chi connectivity index (χ0v) is 19.5. The van der Waals surface area contributed by atoms with Gasteiger partial charge < -0.3 is 9.64 Å². The molecule has 1 saturated heterocycles. The van der Waals surface area contributed by atoms with Gasteiger partial charge in [-0.15, -0.1) is 0 Å². The Bertz CT molecular complexity index is 1130. The number of likely N-dealkylation sites (tertiary alicyclic amines) is 1. The van der Waals surface area contributed by atoms with Gasteiger partial charge in [-0.25, -0.2) is 14.2 Å². The molecular formula is C25H30FN5O2. The van der Waals surface area contributed by atoms with Crippen LogP contribution in [0, 0.1) is 5.82 Å². The summed E-state index contributed by atoms with van der Waals surface area (Å²) in [5, 5.41) is 7.57. The van der Waals surface area contributed by atoms with Crippen LogP contribution in [0.4, 0.5) is 15.0 Å². The smallest absolute Gasteiger partial charge is 0.413 e. The fourth-order valence-corrected chi connectivity index (χ4v) is 3.97. The van der Waals surface area contributed by atoms with Crippen LogP contribution in [0.5, 0.6) is 0 Å². The quantitative estimate of drug-likeness (QED) is 0.578. The van der Waals surface area contributed by atoms with Gasteiger partial charge in [-0.2, -0.15) is 5.10 Å². The Morgan fingerprint density at radius 1 is 1.15 bits per heavy atom. The highest BCUT2D eigenvalue weighted by molar-refractivity contribution is 5.86. The molecule has 7 nitrogen and oxygen atoms in total. The van der Waals surface area contributed by atoms with Crippen LogP contribution < -0.4 is 5.32 Å². The lowest BCUT2D eigenvalue weighted by Gasteiger charge is -2.29. The summed E-state index contributed by atoms with van der Waals surface area (Å²) in [6.45, 7) is 7.43. The fraction of sp³-hybridized carbons (Fsp3) is 0.400. The number of pyridine rings is 1. The molecule has 0 saturated carbocycles. The maximum atomic E-state index is 14.0. The number of ether oxygens (including phenoxy) is 1. The molecule has 4 rings (SSSR count). The van der Waals surface area contributed by atoms with Crippen LogP contribution in [0.15, 0.2) is 48.8 Å². The molecule has 1 fully saturated rings. The predicted molar refractivity (Wildman–Crippen MR) is 126 cm³/mol. The molecule has 3 heterocycles. The Morgan fingerprint density at radius 2 is 1.91 bits per heavy atom. The Labute approximate surface area is 193 Å². The lowest BCUT2D eigenvalue weighted by molar-refractivity contribution is 0.0635. The first-order valence-electron chi connectivity index (χ1n) is 11.2. The van der Waals surface area contributed by atoms with Crippen molar-refractivity contribution in [1.29, 1.82) is 0 Å². The van der Waals surface area contributed by atoms with Gasteiger partial charge in [0.05, 0.1) is 6.04 Å². The molecule has 174 valence electrons. The second-order valence-corrected chi connectivity index (χ2v) is 9.47. The molecule has 0 atom stereocenters. The number of hydrogen-bond donors (Lipinski definition) is 1. The van der Waals surface area contributed by atoms with Crippen molar-refractivity contribution in [1.82, 2.24) is 19.7 Å². The van der Waals surface area contributed by atoms with Crippen LogP contribution in [0.1, 0.15) is 39.7 Å². The first kappa shape index (κ1) is 22.9. The molecule has 8 heteroatoms. The van der Waals surface area contributed by atoms with Crippen LogP contribution in [-0.2, 0) is 4.74 Å². The highest BCUT2D eigenvalue weighted by atomic mass is 19.1. The molecule has 0 spiro atoms. The van der Waals surface area contributed by atoms with E-state index in [2.05, 4.69) is 22.2 Å². The molecule has 1 aliphatic rings. The number of halogens is 1. The largest absolute Gasteiger partial charge is 0.444 e. The molecule has 3 aromatic rings. The minimum absolute atomic E-state index is 0.281. The van der Waals surface area contributed by atoms with Crippen LogP contribution in [0.3, 0.4) is 0 Å². The third kappa shape index (κ3) is 5.76. The highest BCUT2D eigenvalue weighted by Gasteiger charge is 2.23. The topological polar surface area (TPSA) is 72.3 Å². The summed E-state index contributed by atoms with van der Waals surface area (Å²) in [7, 11) is 2.12. The number of anilines is 1. The van der Waals surface area contributed by atoms with E-state index >= 15 is 0 Å². The van der Waals surface area contributed by atoms with Crippen LogP contribution >= 0.6 is 0 Å². The van der Waals surface area contributed by atoms with Crippen LogP contribution in [-0.4, -0.2) is 51.5 Å². The monoisotopic (exact) mass is 451 g/mol. The summed E-state index contributed by atoms with van der Waals surface area (Å²) in [6.07, 6.45) is 5.08. The lowest BCUT2D eigenvalue weighted by Crippen LogP contribution is -2.31. The van der Waals surface area contributed by atoms with Crippen molar-refractivity contribution in [2.24, 2.45) is 0 Å². The maximum Gasteiger partial charge on any atom is 0.413 e. The zero-order valence-electron chi connectivity index (χ0n) is 19.5. The van der Waals surface area contributed by atoms with E-state index in [4.69, 9.17) is 9.84 Å². The molecule has 0 aliphatic carbocycles. The number of amides is 1. The first-order valence-corrected chi connectivity index (χ1v) is 11.2. The Morgan fingerprint density at radius 3 is 2.61 bits per heavy atom. The summed E-state index contributed by atoms with van der Waals surface area (Å²) >= 11 is 0. The van der Waals surface area contributed by atoms with Gasteiger partial charge in [0.25, 0.3) is 0 Å². The molecule has 1 N–H and O–H groups in total. The van der Waals surface area contributed by atoms with E-state index in [1.54, 1.807) is 39.1 Å². The van der Waals surface area contributed by atoms with Crippen molar-refractivity contribution in [3.8, 4) is 22.4 Å². The molecule has 1 amide bonds. The number of rotatable bonds is 4. The van der Waals surface area contributed by atoms with Crippen molar-refractivity contribution < 1.29 is 13.9 Å². The molecule has 33 heavy (non-hydrogen) atoms. The molecule has 0 radical (unpaired) electrons. The second kappa shape index (κ2) is 9.31. The third-order valence-electron chi connectivity index (χ3n) is 5.59. The average Bonchev–Trinajstić information content (AvgIpc) is 3.18. The van der Waals surface area contributed by atoms with Crippen molar-refractivity contribution in [2.75, 3.05) is 25.5 Å². The Hall–Kier alpha value is -3.26. The van der Waals surface area contributed by atoms with Gasteiger partial charge in [0.1, 0.15) is 22.9 Å². The van der Waals surface area contributed by atoms with Gasteiger partial charge in [0, 0.05) is 23.5 Å². The van der Waals surface area contributed by atoms with Crippen molar-refractivity contribution in [3.63, 3.8) is 0 Å². The summed E-state index contributed by atoms with van der Waals surface area (Å²) < 4.78 is 21.4. The Balaban J connectivity index is 1.69. The van der Waals surface area contributed by atoms with Gasteiger partial charge in [-0.3, -0.25) is 10.00 Å². The molecule has 1 aliphatic heterocycles. The molecule has 2 aromatic heterocycles. The minimum Gasteiger partial charge on any atom is -0.444 e. The average molecular weight is 452 g/mol. The van der Waals surface area contributed by atoms with Crippen LogP contribution in [0.2, 0.25) is 0 Å². The maximum absolute atomic E-state index is 14.0. The molecule has 0 unspecified atom stereocenters. The summed E-state index contributed by atoms with van der Waals surface area (Å²) in [4.78, 5) is 18.8. The first-order chi connectivity index (χ1) is 15.7. The van der Waals surface area contributed by atoms with Gasteiger partial charge in [-0.1, -0.05) is 12.1 Å². The number of benzene rings is 1. The minimum atomic E-state index is -0.610. The van der Waals surface area contributed by atoms with E-state index in [9.17, 15) is 9.18 Å². The van der Waals surface area contributed by atoms with E-state index in [1.165, 1.54) is 12.1 Å². The SMILES string of the molecule is CN1CCC(n2cc(-c3ccnc(NC(=O)OC(C)(C)C)c3)c(-c3cccc(F)c3)n2)CC1. The summed E-state index contributed by atoms with van der Waals surface area (Å²) in [5.41, 5.74) is 2.48. The number of carbonyl (C=O) groups is 1. The van der Waals surface area contributed by atoms with E-state index in [0.717, 1.165) is 37.1 Å². The summed E-state index contributed by atoms with van der Waals surface area (Å²) in [5.74, 6) is 0.0632. The van der Waals surface area contributed by atoms with Gasteiger partial charge >= 0.3 is 6.09 Å². The number of hydrogen-bond acceptors (Lipinski definition) is 5. The zero-order chi connectivity index (χ0) is 23.6. The van der Waals surface area contributed by atoms with Gasteiger partial charge in [0.15, 0.2) is 0 Å². The predicted octanol–water partition coefficient (Wildman–Crippen LogP) is 5.36. The van der Waals surface area contributed by atoms with E-state index in [1.807, 2.05) is 23.0 Å². The van der Waals surface area contributed by atoms with Gasteiger partial charge in [0.2, 0.25) is 0 Å². The number of nitrogens with one attached hydrogen (secondary N) is 1. The number of aromatic nitrogens is 3. The van der Waals surface area contributed by atoms with E-state index < -0.39 is 11.7 Å². The lowest BCUT2D eigenvalue weighted by atomic mass is 10.0. The third-order valence-corrected chi connectivity index (χ3v) is 5.59. The molecule has 0 bridgehead atoms. The standard InChI is InChI=1S/C25H30FN5O2/c1-25(2,3)33-24(32)28-22-15-17(8-11-27-22)21-16-31(20-9-12-30(4)13-10-20)29-23(21)18-6-5-7-19(26)14-18/h5-8,11,14-16,20H,9-10,12-13H2,1-4H3,(H,27,28,32). The fourth-order valence-electron chi connectivity index (χ4n) is 3.97. The highest BCUT2D eigenvalue weighted by Crippen LogP contribution is 2.34. The van der Waals surface area contributed by atoms with E-state index in [0.29, 0.717) is 17.1 Å². The van der Waals surface area contributed by atoms with Crippen LogP contribution in [0.25, 0.3) is 22.4 Å². The number of nitrogens with zero attached hydrogens (tertiary/aromatic N) is 4. The number of piperidine rings is 1. The molecule has 1 aromatic carbocycles. The summed E-state index contributed by atoms with van der Waals surface area (Å²) in [6, 6.07) is 10.4. The normalized spacial score (nSPS) is 15.4. The van der Waals surface area contributed by atoms with Crippen molar-refractivity contribution >= 4 is 11.9 Å². The number of carbonyl (C=O) groups excluding carboxylic acids is 1. The second-order valence-electron chi connectivity index (χ2n) is 9.47. The molecular weight excluding hydrogens is 421 g/mol. The van der Waals surface area contributed by atoms with E-state index in [-0.39, 0.29) is 11.9 Å². The van der Waals surface area contributed by atoms with Gasteiger partial charge in [-0.05, 0) is 83.6 Å². The van der Waals surface area contributed by atoms with Crippen molar-refractivity contribution in [3.05, 3.63) is 54.6 Å². The Kier molecular flexibility index (Phi) is 6.47. The van der Waals surface area contributed by atoms with Crippen molar-refractivity contribution in [2.45, 2.75) is 45.3 Å².